The molecule has 3 rings (SSSR count). The predicted octanol–water partition coefficient (Wildman–Crippen LogP) is 3.34. The van der Waals surface area contributed by atoms with Gasteiger partial charge >= 0.3 is 5.97 Å². The van der Waals surface area contributed by atoms with Crippen molar-refractivity contribution in [3.63, 3.8) is 0 Å². The van der Waals surface area contributed by atoms with E-state index in [9.17, 15) is 4.79 Å². The molecule has 2 heterocycles. The number of benzene rings is 1. The standard InChI is InChI=1S/C15H15NO2S/c1-9-7-14(16-12-6-4-3-5-11(9)12)19-13-8-10(2)18-15(13)17/h3-7,10,13H,8H2,1-2H3/t10-,13-/m1/s1. The number of fused-ring (bicyclic) bond motifs is 1. The van der Waals surface area contributed by atoms with Gasteiger partial charge in [-0.05, 0) is 31.5 Å². The average Bonchev–Trinajstić information content (AvgIpc) is 2.68. The number of pyridine rings is 1. The number of carbonyl (C=O) groups excluding carboxylic acids is 1. The molecule has 0 N–H and O–H groups in total. The van der Waals surface area contributed by atoms with Crippen LogP contribution in [0.1, 0.15) is 18.9 Å². The number of hydrogen-bond donors (Lipinski definition) is 0. The second kappa shape index (κ2) is 4.85. The molecule has 0 unspecified atom stereocenters. The molecule has 0 bridgehead atoms. The number of thioether (sulfide) groups is 1. The molecule has 0 spiro atoms. The van der Waals surface area contributed by atoms with Crippen LogP contribution in [0.25, 0.3) is 10.9 Å². The number of esters is 1. The molecule has 98 valence electrons. The van der Waals surface area contributed by atoms with E-state index in [4.69, 9.17) is 4.74 Å². The molecule has 1 aromatic heterocycles. The molecular weight excluding hydrogens is 258 g/mol. The topological polar surface area (TPSA) is 39.2 Å². The summed E-state index contributed by atoms with van der Waals surface area (Å²) in [6.45, 7) is 4.00. The van der Waals surface area contributed by atoms with Gasteiger partial charge in [0.15, 0.2) is 0 Å². The molecule has 0 saturated carbocycles. The SMILES string of the molecule is Cc1cc(S[C@@H]2C[C@@H](C)OC2=O)nc2ccccc12. The Morgan fingerprint density at radius 2 is 2.16 bits per heavy atom. The molecule has 2 atom stereocenters. The van der Waals surface area contributed by atoms with E-state index in [1.54, 1.807) is 0 Å². The van der Waals surface area contributed by atoms with Gasteiger partial charge in [0.1, 0.15) is 11.4 Å². The Bertz CT molecular complexity index is 641. The zero-order valence-electron chi connectivity index (χ0n) is 10.9. The maximum atomic E-state index is 11.7. The van der Waals surface area contributed by atoms with Gasteiger partial charge in [-0.25, -0.2) is 4.98 Å². The minimum Gasteiger partial charge on any atom is -0.462 e. The Labute approximate surface area is 116 Å². The van der Waals surface area contributed by atoms with Gasteiger partial charge < -0.3 is 4.74 Å². The first-order valence-electron chi connectivity index (χ1n) is 6.37. The first kappa shape index (κ1) is 12.5. The normalized spacial score (nSPS) is 22.7. The lowest BCUT2D eigenvalue weighted by Crippen LogP contribution is -2.09. The molecule has 2 aromatic rings. The zero-order valence-corrected chi connectivity index (χ0v) is 11.7. The molecule has 1 fully saturated rings. The third kappa shape index (κ3) is 2.45. The Hall–Kier alpha value is -1.55. The lowest BCUT2D eigenvalue weighted by Gasteiger charge is -2.08. The van der Waals surface area contributed by atoms with Crippen molar-refractivity contribution >= 4 is 28.6 Å². The fourth-order valence-corrected chi connectivity index (χ4v) is 3.55. The molecule has 0 radical (unpaired) electrons. The van der Waals surface area contributed by atoms with E-state index in [1.807, 2.05) is 31.2 Å². The highest BCUT2D eigenvalue weighted by molar-refractivity contribution is 8.00. The Balaban J connectivity index is 1.91. The number of para-hydroxylation sites is 1. The summed E-state index contributed by atoms with van der Waals surface area (Å²) >= 11 is 1.51. The largest absolute Gasteiger partial charge is 0.462 e. The third-order valence-corrected chi connectivity index (χ3v) is 4.41. The van der Waals surface area contributed by atoms with Crippen LogP contribution in [0.3, 0.4) is 0 Å². The Morgan fingerprint density at radius 3 is 2.89 bits per heavy atom. The number of hydrogen-bond acceptors (Lipinski definition) is 4. The van der Waals surface area contributed by atoms with Crippen molar-refractivity contribution in [3.05, 3.63) is 35.9 Å². The highest BCUT2D eigenvalue weighted by atomic mass is 32.2. The van der Waals surface area contributed by atoms with E-state index < -0.39 is 0 Å². The van der Waals surface area contributed by atoms with Crippen LogP contribution in [-0.4, -0.2) is 22.3 Å². The van der Waals surface area contributed by atoms with E-state index >= 15 is 0 Å². The third-order valence-electron chi connectivity index (χ3n) is 3.29. The maximum Gasteiger partial charge on any atom is 0.319 e. The van der Waals surface area contributed by atoms with Crippen LogP contribution in [0.15, 0.2) is 35.4 Å². The quantitative estimate of drug-likeness (QED) is 0.787. The van der Waals surface area contributed by atoms with Crippen LogP contribution in [0, 0.1) is 6.92 Å². The van der Waals surface area contributed by atoms with Crippen molar-refractivity contribution in [3.8, 4) is 0 Å². The van der Waals surface area contributed by atoms with Crippen LogP contribution in [-0.2, 0) is 9.53 Å². The van der Waals surface area contributed by atoms with E-state index in [0.717, 1.165) is 22.3 Å². The number of carbonyl (C=O) groups is 1. The predicted molar refractivity (Wildman–Crippen MR) is 76.3 cm³/mol. The minimum atomic E-state index is -0.122. The van der Waals surface area contributed by atoms with Crippen LogP contribution in [0.4, 0.5) is 0 Å². The first-order chi connectivity index (χ1) is 9.13. The second-order valence-corrected chi connectivity index (χ2v) is 6.11. The van der Waals surface area contributed by atoms with Crippen LogP contribution in [0.5, 0.6) is 0 Å². The molecule has 4 heteroatoms. The van der Waals surface area contributed by atoms with E-state index in [-0.39, 0.29) is 17.3 Å². The average molecular weight is 273 g/mol. The number of ether oxygens (including phenoxy) is 1. The molecular formula is C15H15NO2S. The summed E-state index contributed by atoms with van der Waals surface area (Å²) < 4.78 is 5.18. The highest BCUT2D eigenvalue weighted by Crippen LogP contribution is 2.32. The molecule has 0 amide bonds. The monoisotopic (exact) mass is 273 g/mol. The van der Waals surface area contributed by atoms with Crippen LogP contribution in [0.2, 0.25) is 0 Å². The molecule has 1 aliphatic heterocycles. The first-order valence-corrected chi connectivity index (χ1v) is 7.25. The number of rotatable bonds is 2. The smallest absolute Gasteiger partial charge is 0.319 e. The fourth-order valence-electron chi connectivity index (χ4n) is 2.34. The Kier molecular flexibility index (Phi) is 3.19. The van der Waals surface area contributed by atoms with Gasteiger partial charge in [-0.3, -0.25) is 4.79 Å². The summed E-state index contributed by atoms with van der Waals surface area (Å²) in [6.07, 6.45) is 0.781. The van der Waals surface area contributed by atoms with Crippen molar-refractivity contribution < 1.29 is 9.53 Å². The number of aryl methyl sites for hydroxylation is 1. The van der Waals surface area contributed by atoms with Gasteiger partial charge in [0.05, 0.1) is 10.5 Å². The number of aromatic nitrogens is 1. The molecule has 1 aromatic carbocycles. The fraction of sp³-hybridized carbons (Fsp3) is 0.333. The summed E-state index contributed by atoms with van der Waals surface area (Å²) in [4.78, 5) is 16.3. The van der Waals surface area contributed by atoms with Gasteiger partial charge in [-0.1, -0.05) is 30.0 Å². The van der Waals surface area contributed by atoms with Gasteiger partial charge in [-0.15, -0.1) is 0 Å². The molecule has 0 aliphatic carbocycles. The van der Waals surface area contributed by atoms with Gasteiger partial charge in [-0.2, -0.15) is 0 Å². The van der Waals surface area contributed by atoms with Gasteiger partial charge in [0.25, 0.3) is 0 Å². The second-order valence-electron chi connectivity index (χ2n) is 4.88. The van der Waals surface area contributed by atoms with Crippen molar-refractivity contribution in [2.24, 2.45) is 0 Å². The lowest BCUT2D eigenvalue weighted by atomic mass is 10.1. The van der Waals surface area contributed by atoms with Gasteiger partial charge in [0.2, 0.25) is 0 Å². The van der Waals surface area contributed by atoms with Crippen molar-refractivity contribution in [2.75, 3.05) is 0 Å². The van der Waals surface area contributed by atoms with Crippen LogP contribution >= 0.6 is 11.8 Å². The van der Waals surface area contributed by atoms with Crippen LogP contribution < -0.4 is 0 Å². The number of nitrogens with zero attached hydrogens (tertiary/aromatic N) is 1. The highest BCUT2D eigenvalue weighted by Gasteiger charge is 2.33. The van der Waals surface area contributed by atoms with E-state index in [1.165, 1.54) is 17.3 Å². The summed E-state index contributed by atoms with van der Waals surface area (Å²) in [5.74, 6) is -0.120. The molecule has 1 aliphatic rings. The molecule has 3 nitrogen and oxygen atoms in total. The minimum absolute atomic E-state index is 0.0200. The summed E-state index contributed by atoms with van der Waals surface area (Å²) in [5.41, 5.74) is 2.16. The summed E-state index contributed by atoms with van der Waals surface area (Å²) in [5, 5.41) is 1.93. The van der Waals surface area contributed by atoms with Gasteiger partial charge in [0, 0.05) is 11.8 Å². The maximum absolute atomic E-state index is 11.7. The van der Waals surface area contributed by atoms with Crippen molar-refractivity contribution in [1.29, 1.82) is 0 Å². The lowest BCUT2D eigenvalue weighted by molar-refractivity contribution is -0.140. The summed E-state index contributed by atoms with van der Waals surface area (Å²) in [7, 11) is 0. The Morgan fingerprint density at radius 1 is 1.37 bits per heavy atom. The molecule has 19 heavy (non-hydrogen) atoms. The zero-order chi connectivity index (χ0) is 13.4. The van der Waals surface area contributed by atoms with E-state index in [0.29, 0.717) is 0 Å². The summed E-state index contributed by atoms with van der Waals surface area (Å²) in [6, 6.07) is 10.1. The van der Waals surface area contributed by atoms with Crippen molar-refractivity contribution in [1.82, 2.24) is 4.98 Å². The van der Waals surface area contributed by atoms with E-state index in [2.05, 4.69) is 18.0 Å². The number of cyclic esters (lactones) is 1. The van der Waals surface area contributed by atoms with Crippen molar-refractivity contribution in [2.45, 2.75) is 36.6 Å². The molecule has 1 saturated heterocycles.